The fourth-order valence-electron chi connectivity index (χ4n) is 7.14. The molecular weight excluding hydrogens is 828 g/mol. The summed E-state index contributed by atoms with van der Waals surface area (Å²) in [5.41, 5.74) is 9.24. The highest BCUT2D eigenvalue weighted by Crippen LogP contribution is 2.34. The molecule has 4 atom stereocenters. The Kier molecular flexibility index (Phi) is 16.0. The average Bonchev–Trinajstić information content (AvgIpc) is 3.73. The average molecular weight is 876 g/mol. The quantitative estimate of drug-likeness (QED) is 0.0331. The molecule has 4 aromatic rings. The van der Waals surface area contributed by atoms with Crippen molar-refractivity contribution in [3.05, 3.63) is 112 Å². The van der Waals surface area contributed by atoms with Crippen molar-refractivity contribution in [1.29, 1.82) is 0 Å². The lowest BCUT2D eigenvalue weighted by molar-refractivity contribution is -0.140. The summed E-state index contributed by atoms with van der Waals surface area (Å²) in [6, 6.07) is 16.7. The first-order valence-corrected chi connectivity index (χ1v) is 20.0. The van der Waals surface area contributed by atoms with Crippen molar-refractivity contribution in [2.75, 3.05) is 25.0 Å². The smallest absolute Gasteiger partial charge is 0.417 e. The van der Waals surface area contributed by atoms with Crippen molar-refractivity contribution >= 4 is 58.1 Å². The van der Waals surface area contributed by atoms with Gasteiger partial charge < -0.3 is 47.4 Å². The van der Waals surface area contributed by atoms with Gasteiger partial charge in [-0.25, -0.2) is 4.79 Å². The van der Waals surface area contributed by atoms with E-state index in [1.165, 1.54) is 17.9 Å². The topological polar surface area (TPSA) is 260 Å². The molecule has 0 bridgehead atoms. The van der Waals surface area contributed by atoms with Gasteiger partial charge in [-0.2, -0.15) is 13.2 Å². The summed E-state index contributed by atoms with van der Waals surface area (Å²) in [6.45, 7) is 1.01. The molecule has 0 spiro atoms. The van der Waals surface area contributed by atoms with E-state index in [1.54, 1.807) is 60.7 Å². The highest BCUT2D eigenvalue weighted by atomic mass is 19.4. The van der Waals surface area contributed by atoms with Crippen LogP contribution in [0.5, 0.6) is 0 Å². The summed E-state index contributed by atoms with van der Waals surface area (Å²) < 4.78 is 45.9. The number of nitrogens with one attached hydrogen (secondary N) is 5. The number of carbonyl (C=O) groups excluding carboxylic acids is 6. The van der Waals surface area contributed by atoms with Crippen molar-refractivity contribution in [1.82, 2.24) is 26.2 Å². The Morgan fingerprint density at radius 3 is 2.11 bits per heavy atom. The predicted octanol–water partition coefficient (Wildman–Crippen LogP) is 1.87. The maximum atomic E-state index is 14.4. The maximum absolute atomic E-state index is 14.4. The van der Waals surface area contributed by atoms with Gasteiger partial charge in [-0.15, -0.1) is 0 Å². The molecule has 6 amide bonds. The Morgan fingerprint density at radius 2 is 1.49 bits per heavy atom. The van der Waals surface area contributed by atoms with Crippen molar-refractivity contribution in [2.24, 2.45) is 16.5 Å². The Balaban J connectivity index is 1.32. The van der Waals surface area contributed by atoms with Gasteiger partial charge in [-0.05, 0) is 48.9 Å². The normalized spacial score (nSPS) is 15.0. The number of hydrogen-bond donors (Lipinski definition) is 7. The van der Waals surface area contributed by atoms with Crippen LogP contribution in [0.2, 0.25) is 0 Å². The molecule has 9 N–H and O–H groups in total. The zero-order chi connectivity index (χ0) is 45.7. The van der Waals surface area contributed by atoms with Crippen LogP contribution in [0.15, 0.2) is 99.1 Å². The molecule has 20 heteroatoms. The Morgan fingerprint density at radius 1 is 0.841 bits per heavy atom. The standard InChI is InChI=1S/C43H48F3N9O8/c1-25(56)51-31(14-8-18-49-42(47)48)38(59)50-24-36(57)53-32(20-26-10-4-2-5-11-26)39(60)54-33(21-27-12-6-3-7-13-27)41(62)55-19-9-15-34(55)40(61)52-28-16-17-29-30(43(44,45)46)23-37(58)63-35(29)22-28/h2-7,10-13,16-17,22-23,31-34H,8-9,14-15,18-21,24H2,1H3,(H,50,59)(H,51,56)(H,52,61)(H,53,57)(H,54,60)(H4,47,48,49). The van der Waals surface area contributed by atoms with E-state index in [1.807, 2.05) is 0 Å². The number of fused-ring (bicyclic) bond motifs is 1. The molecule has 63 heavy (non-hydrogen) atoms. The third-order valence-corrected chi connectivity index (χ3v) is 10.1. The number of nitrogens with zero attached hydrogens (tertiary/aromatic N) is 2. The van der Waals surface area contributed by atoms with Gasteiger partial charge >= 0.3 is 11.8 Å². The second-order valence-corrected chi connectivity index (χ2v) is 14.8. The molecule has 1 saturated heterocycles. The zero-order valence-electron chi connectivity index (χ0n) is 34.2. The molecule has 5 rings (SSSR count). The van der Waals surface area contributed by atoms with Crippen molar-refractivity contribution in [2.45, 2.75) is 75.8 Å². The number of amides is 6. The number of carbonyl (C=O) groups is 6. The highest BCUT2D eigenvalue weighted by Gasteiger charge is 2.39. The summed E-state index contributed by atoms with van der Waals surface area (Å²) >= 11 is 0. The van der Waals surface area contributed by atoms with Crippen LogP contribution < -0.4 is 43.7 Å². The lowest BCUT2D eigenvalue weighted by Crippen LogP contribution is -2.58. The summed E-state index contributed by atoms with van der Waals surface area (Å²) in [5.74, 6) is -4.01. The van der Waals surface area contributed by atoms with Gasteiger partial charge in [0, 0.05) is 56.1 Å². The lowest BCUT2D eigenvalue weighted by atomic mass is 10.0. The first-order chi connectivity index (χ1) is 30.0. The van der Waals surface area contributed by atoms with Crippen LogP contribution in [0.1, 0.15) is 49.3 Å². The van der Waals surface area contributed by atoms with E-state index in [9.17, 15) is 46.7 Å². The van der Waals surface area contributed by atoms with Gasteiger partial charge in [0.1, 0.15) is 29.8 Å². The lowest BCUT2D eigenvalue weighted by Gasteiger charge is -2.30. The molecule has 0 saturated carbocycles. The Labute approximate surface area is 359 Å². The van der Waals surface area contributed by atoms with E-state index in [4.69, 9.17) is 15.9 Å². The fraction of sp³-hybridized carbons (Fsp3) is 0.349. The van der Waals surface area contributed by atoms with Crippen molar-refractivity contribution in [3.8, 4) is 0 Å². The molecule has 3 aromatic carbocycles. The zero-order valence-corrected chi connectivity index (χ0v) is 34.2. The third-order valence-electron chi connectivity index (χ3n) is 10.1. The number of anilines is 1. The number of benzene rings is 3. The number of hydrogen-bond acceptors (Lipinski definition) is 9. The molecule has 1 aliphatic heterocycles. The monoisotopic (exact) mass is 875 g/mol. The molecule has 4 unspecified atom stereocenters. The summed E-state index contributed by atoms with van der Waals surface area (Å²) in [7, 11) is 0. The third kappa shape index (κ3) is 13.6. The van der Waals surface area contributed by atoms with Crippen LogP contribution in [0.3, 0.4) is 0 Å². The number of halogens is 3. The van der Waals surface area contributed by atoms with E-state index in [0.717, 1.165) is 12.1 Å². The van der Waals surface area contributed by atoms with Gasteiger partial charge in [0.05, 0.1) is 12.1 Å². The van der Waals surface area contributed by atoms with Crippen LogP contribution in [0.25, 0.3) is 11.0 Å². The summed E-state index contributed by atoms with van der Waals surface area (Å²) in [5, 5.41) is 12.7. The first kappa shape index (κ1) is 46.8. The van der Waals surface area contributed by atoms with Crippen LogP contribution in [-0.4, -0.2) is 90.1 Å². The second-order valence-electron chi connectivity index (χ2n) is 14.8. The molecule has 1 aliphatic rings. The van der Waals surface area contributed by atoms with E-state index in [2.05, 4.69) is 31.6 Å². The number of aliphatic imine (C=N–C) groups is 1. The Bertz CT molecular complexity index is 2370. The minimum Gasteiger partial charge on any atom is -0.423 e. The van der Waals surface area contributed by atoms with E-state index in [-0.39, 0.29) is 55.8 Å². The number of nitrogens with two attached hydrogens (primary N) is 2. The molecule has 2 heterocycles. The minimum atomic E-state index is -4.84. The number of rotatable bonds is 18. The molecule has 1 fully saturated rings. The van der Waals surface area contributed by atoms with Gasteiger partial charge in [0.15, 0.2) is 5.96 Å². The first-order valence-electron chi connectivity index (χ1n) is 20.0. The minimum absolute atomic E-state index is 0.00270. The molecule has 0 aliphatic carbocycles. The van der Waals surface area contributed by atoms with Crippen LogP contribution in [-0.2, 0) is 47.8 Å². The number of alkyl halides is 3. The maximum Gasteiger partial charge on any atom is 0.417 e. The predicted molar refractivity (Wildman–Crippen MR) is 226 cm³/mol. The largest absolute Gasteiger partial charge is 0.423 e. The molecule has 1 aromatic heterocycles. The summed E-state index contributed by atoms with van der Waals surface area (Å²) in [4.78, 5) is 97.6. The van der Waals surface area contributed by atoms with Crippen molar-refractivity contribution < 1.29 is 46.4 Å². The highest BCUT2D eigenvalue weighted by molar-refractivity contribution is 6.00. The fourth-order valence-corrected chi connectivity index (χ4v) is 7.14. The number of likely N-dealkylation sites (tertiary alicyclic amines) is 1. The van der Waals surface area contributed by atoms with E-state index >= 15 is 0 Å². The Hall–Kier alpha value is -7.25. The van der Waals surface area contributed by atoms with Crippen LogP contribution >= 0.6 is 0 Å². The van der Waals surface area contributed by atoms with E-state index < -0.39 is 89.1 Å². The van der Waals surface area contributed by atoms with Gasteiger partial charge in [-0.1, -0.05) is 60.7 Å². The second kappa shape index (κ2) is 21.5. The van der Waals surface area contributed by atoms with Crippen LogP contribution in [0, 0.1) is 0 Å². The van der Waals surface area contributed by atoms with Gasteiger partial charge in [0.2, 0.25) is 35.4 Å². The van der Waals surface area contributed by atoms with Crippen molar-refractivity contribution in [3.63, 3.8) is 0 Å². The molecule has 0 radical (unpaired) electrons. The van der Waals surface area contributed by atoms with E-state index in [0.29, 0.717) is 30.0 Å². The van der Waals surface area contributed by atoms with Crippen LogP contribution in [0.4, 0.5) is 18.9 Å². The molecule has 17 nitrogen and oxygen atoms in total. The SMILES string of the molecule is CC(=O)NC(CCCN=C(N)N)C(=O)NCC(=O)NC(Cc1ccccc1)C(=O)NC(Cc1ccccc1)C(=O)N1CCCC1C(=O)Nc1ccc2c(C(F)(F)F)cc(=O)oc2c1. The summed E-state index contributed by atoms with van der Waals surface area (Å²) in [6.07, 6.45) is -3.71. The molecular formula is C43H48F3N9O8. The van der Waals surface area contributed by atoms with Gasteiger partial charge in [-0.3, -0.25) is 33.8 Å². The number of guanidine groups is 1. The molecule has 334 valence electrons. The van der Waals surface area contributed by atoms with Gasteiger partial charge in [0.25, 0.3) is 0 Å².